The summed E-state index contributed by atoms with van der Waals surface area (Å²) in [5, 5.41) is -0.588. The van der Waals surface area contributed by atoms with Gasteiger partial charge < -0.3 is 11.5 Å². The zero-order valence-electron chi connectivity index (χ0n) is 13.4. The molecular weight excluding hydrogens is 292 g/mol. The Morgan fingerprint density at radius 1 is 1.10 bits per heavy atom. The van der Waals surface area contributed by atoms with Crippen molar-refractivity contribution in [3.8, 4) is 0 Å². The Morgan fingerprint density at radius 2 is 1.52 bits per heavy atom. The lowest BCUT2D eigenvalue weighted by Gasteiger charge is -2.28. The summed E-state index contributed by atoms with van der Waals surface area (Å²) >= 11 is 0. The Kier molecular flexibility index (Phi) is 7.53. The fourth-order valence-electron chi connectivity index (χ4n) is 2.36. The zero-order valence-corrected chi connectivity index (χ0v) is 14.2. The molecule has 0 aromatic rings. The molecule has 0 aromatic heterocycles. The molecular formula is C14H28N2O4S. The third-order valence-electron chi connectivity index (χ3n) is 3.56. The molecule has 124 valence electrons. The van der Waals surface area contributed by atoms with Crippen LogP contribution in [0, 0.1) is 5.92 Å². The fraction of sp³-hybridized carbons (Fsp3) is 0.857. The van der Waals surface area contributed by atoms with Crippen LogP contribution in [0.15, 0.2) is 0 Å². The monoisotopic (exact) mass is 320 g/mol. The van der Waals surface area contributed by atoms with E-state index in [0.29, 0.717) is 25.7 Å². The number of carbonyl (C=O) groups is 2. The van der Waals surface area contributed by atoms with Gasteiger partial charge in [-0.05, 0) is 12.8 Å². The number of amides is 1. The summed E-state index contributed by atoms with van der Waals surface area (Å²) in [5.74, 6) is -2.99. The molecule has 0 aliphatic carbocycles. The minimum absolute atomic E-state index is 0.487. The van der Waals surface area contributed by atoms with Crippen molar-refractivity contribution in [3.05, 3.63) is 0 Å². The van der Waals surface area contributed by atoms with Crippen molar-refractivity contribution in [3.63, 3.8) is 0 Å². The number of primary amides is 1. The van der Waals surface area contributed by atoms with Crippen LogP contribution in [0.5, 0.6) is 0 Å². The van der Waals surface area contributed by atoms with Crippen LogP contribution >= 0.6 is 0 Å². The number of Topliss-reactive ketones (excluding diaryl/α,β-unsaturated/α-hetero) is 1. The molecule has 0 spiro atoms. The lowest BCUT2D eigenvalue weighted by molar-refractivity contribution is -0.135. The van der Waals surface area contributed by atoms with Gasteiger partial charge in [-0.15, -0.1) is 0 Å². The lowest BCUT2D eigenvalue weighted by Crippen LogP contribution is -2.64. The van der Waals surface area contributed by atoms with Gasteiger partial charge in [0.1, 0.15) is 0 Å². The molecule has 0 unspecified atom stereocenters. The van der Waals surface area contributed by atoms with Crippen molar-refractivity contribution in [2.24, 2.45) is 17.4 Å². The van der Waals surface area contributed by atoms with E-state index in [4.69, 9.17) is 11.5 Å². The molecule has 1 amide bonds. The summed E-state index contributed by atoms with van der Waals surface area (Å²) < 4.78 is 25.0. The number of ketones is 1. The van der Waals surface area contributed by atoms with Gasteiger partial charge in [-0.3, -0.25) is 9.59 Å². The summed E-state index contributed by atoms with van der Waals surface area (Å²) in [5.41, 5.74) is 8.87. The number of rotatable bonds is 10. The standard InChI is InChI=1S/C14H28N2O4S/c1-5-7-11(8-6-2)21(19,20)9-14(16,13(15)18)12(17)10(3)4/h10-11H,5-9,16H2,1-4H3,(H2,15,18)/t14-/m0/s1. The van der Waals surface area contributed by atoms with Crippen molar-refractivity contribution in [2.75, 3.05) is 5.75 Å². The van der Waals surface area contributed by atoms with E-state index in [1.54, 1.807) is 13.8 Å². The highest BCUT2D eigenvalue weighted by Crippen LogP contribution is 2.21. The normalized spacial score (nSPS) is 15.2. The van der Waals surface area contributed by atoms with Gasteiger partial charge in [-0.25, -0.2) is 8.42 Å². The first kappa shape index (κ1) is 20.1. The molecule has 0 radical (unpaired) electrons. The SMILES string of the molecule is CCCC(CCC)S(=O)(=O)C[C@@](N)(C(N)=O)C(=O)C(C)C. The first-order valence-corrected chi connectivity index (χ1v) is 9.09. The first-order chi connectivity index (χ1) is 9.52. The van der Waals surface area contributed by atoms with Crippen molar-refractivity contribution >= 4 is 21.5 Å². The van der Waals surface area contributed by atoms with E-state index in [1.807, 2.05) is 13.8 Å². The van der Waals surface area contributed by atoms with Gasteiger partial charge in [-0.1, -0.05) is 40.5 Å². The summed E-state index contributed by atoms with van der Waals surface area (Å²) in [7, 11) is -3.67. The summed E-state index contributed by atoms with van der Waals surface area (Å²) in [6.45, 7) is 6.91. The van der Waals surface area contributed by atoms with E-state index in [-0.39, 0.29) is 0 Å². The molecule has 0 aliphatic rings. The molecule has 1 atom stereocenters. The van der Waals surface area contributed by atoms with Crippen LogP contribution < -0.4 is 11.5 Å². The highest BCUT2D eigenvalue weighted by molar-refractivity contribution is 7.92. The molecule has 0 rings (SSSR count). The summed E-state index contributed by atoms with van der Waals surface area (Å²) in [6, 6.07) is 0. The van der Waals surface area contributed by atoms with Gasteiger partial charge in [0.15, 0.2) is 21.2 Å². The van der Waals surface area contributed by atoms with E-state index in [9.17, 15) is 18.0 Å². The van der Waals surface area contributed by atoms with Gasteiger partial charge in [0, 0.05) is 5.92 Å². The highest BCUT2D eigenvalue weighted by atomic mass is 32.2. The van der Waals surface area contributed by atoms with Crippen LogP contribution in [0.3, 0.4) is 0 Å². The molecule has 0 saturated heterocycles. The molecule has 0 aliphatic heterocycles. The van der Waals surface area contributed by atoms with Crippen LogP contribution in [0.25, 0.3) is 0 Å². The predicted molar refractivity (Wildman–Crippen MR) is 83.3 cm³/mol. The van der Waals surface area contributed by atoms with Crippen LogP contribution in [0.1, 0.15) is 53.4 Å². The first-order valence-electron chi connectivity index (χ1n) is 7.37. The highest BCUT2D eigenvalue weighted by Gasteiger charge is 2.46. The van der Waals surface area contributed by atoms with Gasteiger partial charge in [0.25, 0.3) is 0 Å². The van der Waals surface area contributed by atoms with Crippen LogP contribution in [0.2, 0.25) is 0 Å². The minimum Gasteiger partial charge on any atom is -0.368 e. The number of carbonyl (C=O) groups excluding carboxylic acids is 2. The Hall–Kier alpha value is -0.950. The quantitative estimate of drug-likeness (QED) is 0.576. The lowest BCUT2D eigenvalue weighted by atomic mass is 9.89. The van der Waals surface area contributed by atoms with Crippen molar-refractivity contribution in [1.82, 2.24) is 0 Å². The van der Waals surface area contributed by atoms with Gasteiger partial charge in [0.2, 0.25) is 5.91 Å². The third-order valence-corrected chi connectivity index (χ3v) is 5.91. The van der Waals surface area contributed by atoms with Crippen molar-refractivity contribution in [1.29, 1.82) is 0 Å². The van der Waals surface area contributed by atoms with Crippen LogP contribution in [-0.4, -0.2) is 36.6 Å². The second-order valence-electron chi connectivity index (χ2n) is 5.86. The molecule has 0 fully saturated rings. The van der Waals surface area contributed by atoms with E-state index in [2.05, 4.69) is 0 Å². The molecule has 0 heterocycles. The Bertz CT molecular complexity index is 467. The topological polar surface area (TPSA) is 120 Å². The second-order valence-corrected chi connectivity index (χ2v) is 8.14. The Labute approximate surface area is 127 Å². The third kappa shape index (κ3) is 5.07. The molecule has 7 heteroatoms. The largest absolute Gasteiger partial charge is 0.368 e. The Morgan fingerprint density at radius 3 is 1.81 bits per heavy atom. The minimum atomic E-state index is -3.67. The van der Waals surface area contributed by atoms with E-state index >= 15 is 0 Å². The van der Waals surface area contributed by atoms with Crippen LogP contribution in [0.4, 0.5) is 0 Å². The van der Waals surface area contributed by atoms with Crippen molar-refractivity contribution < 1.29 is 18.0 Å². The average Bonchev–Trinajstić information content (AvgIpc) is 2.36. The fourth-order valence-corrected chi connectivity index (χ4v) is 4.71. The number of hydrogen-bond acceptors (Lipinski definition) is 5. The number of hydrogen-bond donors (Lipinski definition) is 2. The molecule has 0 saturated carbocycles. The average molecular weight is 320 g/mol. The van der Waals surface area contributed by atoms with E-state index < -0.39 is 44.0 Å². The van der Waals surface area contributed by atoms with Gasteiger partial charge >= 0.3 is 0 Å². The Balaban J connectivity index is 5.51. The zero-order chi connectivity index (χ0) is 16.8. The molecule has 0 bridgehead atoms. The maximum atomic E-state index is 12.5. The molecule has 6 nitrogen and oxygen atoms in total. The second kappa shape index (κ2) is 7.89. The molecule has 4 N–H and O–H groups in total. The summed E-state index contributed by atoms with van der Waals surface area (Å²) in [4.78, 5) is 23.7. The molecule has 0 aromatic carbocycles. The predicted octanol–water partition coefficient (Wildman–Crippen LogP) is 0.778. The van der Waals surface area contributed by atoms with Crippen LogP contribution in [-0.2, 0) is 19.4 Å². The maximum Gasteiger partial charge on any atom is 0.246 e. The van der Waals surface area contributed by atoms with Crippen molar-refractivity contribution in [2.45, 2.75) is 64.2 Å². The number of nitrogens with two attached hydrogens (primary N) is 2. The molecule has 21 heavy (non-hydrogen) atoms. The van der Waals surface area contributed by atoms with E-state index in [0.717, 1.165) is 0 Å². The van der Waals surface area contributed by atoms with E-state index in [1.165, 1.54) is 0 Å². The summed E-state index contributed by atoms with van der Waals surface area (Å²) in [6.07, 6.45) is 2.38. The number of sulfone groups is 1. The van der Waals surface area contributed by atoms with Gasteiger partial charge in [-0.2, -0.15) is 0 Å². The maximum absolute atomic E-state index is 12.5. The van der Waals surface area contributed by atoms with Gasteiger partial charge in [0.05, 0.1) is 11.0 Å². The smallest absolute Gasteiger partial charge is 0.246 e.